The number of hydrogen-bond donors (Lipinski definition) is 3. The molecule has 2 rings (SSSR count). The number of aromatic amines is 1. The average Bonchev–Trinajstić information content (AvgIpc) is 2.72. The third-order valence-electron chi connectivity index (χ3n) is 2.76. The molecule has 0 bridgehead atoms. The van der Waals surface area contributed by atoms with E-state index in [1.165, 1.54) is 6.20 Å². The molecule has 19 heavy (non-hydrogen) atoms. The van der Waals surface area contributed by atoms with Crippen molar-refractivity contribution < 1.29 is 13.5 Å². The van der Waals surface area contributed by atoms with E-state index in [-0.39, 0.29) is 16.3 Å². The summed E-state index contributed by atoms with van der Waals surface area (Å²) < 4.78 is 26.7. The van der Waals surface area contributed by atoms with Crippen LogP contribution >= 0.6 is 0 Å². The first-order chi connectivity index (χ1) is 8.81. The van der Waals surface area contributed by atoms with Gasteiger partial charge in [0.05, 0.1) is 17.6 Å². The average molecular weight is 281 g/mol. The molecule has 0 aliphatic rings. The van der Waals surface area contributed by atoms with Crippen LogP contribution in [0.15, 0.2) is 23.2 Å². The van der Waals surface area contributed by atoms with Gasteiger partial charge in [-0.1, -0.05) is 6.07 Å². The minimum Gasteiger partial charge on any atom is -0.505 e. The molecular formula is C12H15N3O3S. The first-order valence-corrected chi connectivity index (χ1v) is 7.12. The third-order valence-corrected chi connectivity index (χ3v) is 4.24. The smallest absolute Gasteiger partial charge is 0.265 e. The van der Waals surface area contributed by atoms with E-state index in [4.69, 9.17) is 0 Å². The fourth-order valence-electron chi connectivity index (χ4n) is 1.85. The van der Waals surface area contributed by atoms with E-state index in [1.807, 2.05) is 6.92 Å². The van der Waals surface area contributed by atoms with Gasteiger partial charge >= 0.3 is 0 Å². The minimum atomic E-state index is -3.76. The largest absolute Gasteiger partial charge is 0.505 e. The first-order valence-electron chi connectivity index (χ1n) is 5.64. The predicted molar refractivity (Wildman–Crippen MR) is 71.7 cm³/mol. The van der Waals surface area contributed by atoms with Gasteiger partial charge in [-0.2, -0.15) is 5.10 Å². The van der Waals surface area contributed by atoms with E-state index in [1.54, 1.807) is 26.0 Å². The van der Waals surface area contributed by atoms with Crippen LogP contribution in [0.1, 0.15) is 16.8 Å². The van der Waals surface area contributed by atoms with Gasteiger partial charge in [0.15, 0.2) is 0 Å². The van der Waals surface area contributed by atoms with Gasteiger partial charge in [-0.15, -0.1) is 0 Å². The molecule has 6 nitrogen and oxygen atoms in total. The lowest BCUT2D eigenvalue weighted by Gasteiger charge is -2.11. The second kappa shape index (κ2) is 4.58. The second-order valence-electron chi connectivity index (χ2n) is 4.44. The van der Waals surface area contributed by atoms with Gasteiger partial charge in [-0.05, 0) is 38.0 Å². The standard InChI is InChI=1S/C12H15N3O3S/c1-7-4-8(2)12(16)10(5-7)15-19(17,18)11-6-13-14-9(11)3/h4-6,15-16H,1-3H3,(H,13,14). The molecule has 0 aliphatic heterocycles. The Morgan fingerprint density at radius 3 is 2.53 bits per heavy atom. The summed E-state index contributed by atoms with van der Waals surface area (Å²) in [6.45, 7) is 5.15. The zero-order valence-corrected chi connectivity index (χ0v) is 11.7. The monoisotopic (exact) mass is 281 g/mol. The van der Waals surface area contributed by atoms with Crippen LogP contribution in [0.5, 0.6) is 5.75 Å². The number of hydrogen-bond acceptors (Lipinski definition) is 4. The SMILES string of the molecule is Cc1cc(C)c(O)c(NS(=O)(=O)c2cn[nH]c2C)c1. The molecule has 1 aromatic carbocycles. The lowest BCUT2D eigenvalue weighted by molar-refractivity contribution is 0.473. The Labute approximate surface area is 111 Å². The van der Waals surface area contributed by atoms with Crippen molar-refractivity contribution in [1.29, 1.82) is 0 Å². The molecule has 102 valence electrons. The molecule has 1 aromatic heterocycles. The van der Waals surface area contributed by atoms with Crippen LogP contribution in [-0.2, 0) is 10.0 Å². The van der Waals surface area contributed by atoms with E-state index < -0.39 is 10.0 Å². The number of rotatable bonds is 3. The van der Waals surface area contributed by atoms with Crippen LogP contribution in [0.4, 0.5) is 5.69 Å². The van der Waals surface area contributed by atoms with Crippen molar-refractivity contribution in [2.75, 3.05) is 4.72 Å². The molecule has 0 aliphatic carbocycles. The summed E-state index contributed by atoms with van der Waals surface area (Å²) in [6.07, 6.45) is 1.23. The van der Waals surface area contributed by atoms with Gasteiger partial charge in [-0.25, -0.2) is 8.42 Å². The summed E-state index contributed by atoms with van der Waals surface area (Å²) in [5.41, 5.74) is 2.08. The van der Waals surface area contributed by atoms with Crippen molar-refractivity contribution in [3.8, 4) is 5.75 Å². The highest BCUT2D eigenvalue weighted by Gasteiger charge is 2.20. The first kappa shape index (κ1) is 13.4. The molecule has 0 radical (unpaired) electrons. The zero-order valence-electron chi connectivity index (χ0n) is 10.9. The number of nitrogens with zero attached hydrogens (tertiary/aromatic N) is 1. The summed E-state index contributed by atoms with van der Waals surface area (Å²) in [6, 6.07) is 3.35. The molecule has 2 aromatic rings. The number of phenols is 1. The van der Waals surface area contributed by atoms with Gasteiger partial charge in [0, 0.05) is 0 Å². The van der Waals surface area contributed by atoms with Crippen molar-refractivity contribution >= 4 is 15.7 Å². The summed E-state index contributed by atoms with van der Waals surface area (Å²) in [5, 5.41) is 16.1. The molecule has 1 heterocycles. The van der Waals surface area contributed by atoms with Gasteiger partial charge in [0.2, 0.25) is 0 Å². The summed E-state index contributed by atoms with van der Waals surface area (Å²) >= 11 is 0. The normalized spacial score (nSPS) is 11.5. The van der Waals surface area contributed by atoms with Crippen LogP contribution in [-0.4, -0.2) is 23.7 Å². The van der Waals surface area contributed by atoms with E-state index in [0.717, 1.165) is 5.56 Å². The predicted octanol–water partition coefficient (Wildman–Crippen LogP) is 1.84. The van der Waals surface area contributed by atoms with Crippen molar-refractivity contribution in [3.05, 3.63) is 35.2 Å². The number of anilines is 1. The van der Waals surface area contributed by atoms with Gasteiger partial charge in [-0.3, -0.25) is 9.82 Å². The Balaban J connectivity index is 2.45. The second-order valence-corrected chi connectivity index (χ2v) is 6.09. The highest BCUT2D eigenvalue weighted by atomic mass is 32.2. The fourth-order valence-corrected chi connectivity index (χ4v) is 3.04. The Hall–Kier alpha value is -2.02. The van der Waals surface area contributed by atoms with E-state index in [9.17, 15) is 13.5 Å². The fraction of sp³-hybridized carbons (Fsp3) is 0.250. The number of nitrogens with one attached hydrogen (secondary N) is 2. The molecule has 3 N–H and O–H groups in total. The van der Waals surface area contributed by atoms with Crippen LogP contribution in [0, 0.1) is 20.8 Å². The number of aromatic nitrogens is 2. The van der Waals surface area contributed by atoms with E-state index in [0.29, 0.717) is 11.3 Å². The number of aryl methyl sites for hydroxylation is 3. The molecule has 7 heteroatoms. The number of phenolic OH excluding ortho intramolecular Hbond substituents is 1. The molecule has 0 saturated heterocycles. The molecule has 0 saturated carbocycles. The minimum absolute atomic E-state index is 0.0612. The maximum absolute atomic E-state index is 12.2. The maximum Gasteiger partial charge on any atom is 0.265 e. The number of sulfonamides is 1. The van der Waals surface area contributed by atoms with Crippen LogP contribution in [0.3, 0.4) is 0 Å². The Bertz CT molecular complexity index is 720. The highest BCUT2D eigenvalue weighted by molar-refractivity contribution is 7.92. The topological polar surface area (TPSA) is 95.1 Å². The van der Waals surface area contributed by atoms with Crippen LogP contribution in [0.25, 0.3) is 0 Å². The Morgan fingerprint density at radius 2 is 1.95 bits per heavy atom. The van der Waals surface area contributed by atoms with Crippen molar-refractivity contribution in [1.82, 2.24) is 10.2 Å². The number of H-pyrrole nitrogens is 1. The van der Waals surface area contributed by atoms with Gasteiger partial charge < -0.3 is 5.11 Å². The Kier molecular flexibility index (Phi) is 3.23. The zero-order chi connectivity index (χ0) is 14.2. The Morgan fingerprint density at radius 1 is 1.26 bits per heavy atom. The summed E-state index contributed by atoms with van der Waals surface area (Å²) in [4.78, 5) is 0.0612. The van der Waals surface area contributed by atoms with E-state index >= 15 is 0 Å². The summed E-state index contributed by atoms with van der Waals surface area (Å²) in [7, 11) is -3.76. The van der Waals surface area contributed by atoms with Crippen LogP contribution in [0.2, 0.25) is 0 Å². The van der Waals surface area contributed by atoms with E-state index in [2.05, 4.69) is 14.9 Å². The lowest BCUT2D eigenvalue weighted by Crippen LogP contribution is -2.13. The molecule has 0 unspecified atom stereocenters. The third kappa shape index (κ3) is 2.55. The highest BCUT2D eigenvalue weighted by Crippen LogP contribution is 2.30. The van der Waals surface area contributed by atoms with Crippen LogP contribution < -0.4 is 4.72 Å². The van der Waals surface area contributed by atoms with Gasteiger partial charge in [0.25, 0.3) is 10.0 Å². The molecule has 0 fully saturated rings. The molecular weight excluding hydrogens is 266 g/mol. The summed E-state index contributed by atoms with van der Waals surface area (Å²) in [5.74, 6) is -0.0738. The molecule has 0 amide bonds. The quantitative estimate of drug-likeness (QED) is 0.748. The number of benzene rings is 1. The molecule has 0 atom stereocenters. The molecule has 0 spiro atoms. The van der Waals surface area contributed by atoms with Crippen molar-refractivity contribution in [3.63, 3.8) is 0 Å². The maximum atomic E-state index is 12.2. The van der Waals surface area contributed by atoms with Crippen molar-refractivity contribution in [2.45, 2.75) is 25.7 Å². The lowest BCUT2D eigenvalue weighted by atomic mass is 10.1. The number of aromatic hydroxyl groups is 1. The van der Waals surface area contributed by atoms with Gasteiger partial charge in [0.1, 0.15) is 10.6 Å². The van der Waals surface area contributed by atoms with Crippen molar-refractivity contribution in [2.24, 2.45) is 0 Å².